The van der Waals surface area contributed by atoms with E-state index >= 15 is 0 Å². The third kappa shape index (κ3) is 4.76. The fraction of sp³-hybridized carbons (Fsp3) is 0.529. The van der Waals surface area contributed by atoms with Crippen LogP contribution in [-0.2, 0) is 17.9 Å². The predicted octanol–water partition coefficient (Wildman–Crippen LogP) is 0.695. The highest BCUT2D eigenvalue weighted by Crippen LogP contribution is 2.18. The summed E-state index contributed by atoms with van der Waals surface area (Å²) >= 11 is 0. The molecule has 0 radical (unpaired) electrons. The lowest BCUT2D eigenvalue weighted by Gasteiger charge is -2.25. The second kappa shape index (κ2) is 8.06. The van der Waals surface area contributed by atoms with Crippen molar-refractivity contribution in [1.82, 2.24) is 29.5 Å². The summed E-state index contributed by atoms with van der Waals surface area (Å²) in [6.45, 7) is 3.38. The van der Waals surface area contributed by atoms with Gasteiger partial charge in [0.15, 0.2) is 0 Å². The fourth-order valence-electron chi connectivity index (χ4n) is 3.05. The van der Waals surface area contributed by atoms with E-state index < -0.39 is 0 Å². The molecule has 0 fully saturated rings. The number of nitrogens with zero attached hydrogens (tertiary/aromatic N) is 6. The minimum absolute atomic E-state index is 0.156. The third-order valence-electron chi connectivity index (χ3n) is 4.27. The summed E-state index contributed by atoms with van der Waals surface area (Å²) < 4.78 is 2.02. The minimum atomic E-state index is 0.156. The van der Waals surface area contributed by atoms with Gasteiger partial charge in [-0.05, 0) is 38.6 Å². The zero-order chi connectivity index (χ0) is 17.6. The first-order valence-corrected chi connectivity index (χ1v) is 8.56. The van der Waals surface area contributed by atoms with Crippen LogP contribution in [0.3, 0.4) is 0 Å². The molecule has 0 aromatic carbocycles. The van der Waals surface area contributed by atoms with Crippen molar-refractivity contribution in [2.24, 2.45) is 5.92 Å². The lowest BCUT2D eigenvalue weighted by atomic mass is 10.1. The van der Waals surface area contributed by atoms with Crippen molar-refractivity contribution < 1.29 is 4.79 Å². The van der Waals surface area contributed by atoms with E-state index in [1.165, 1.54) is 0 Å². The number of fused-ring (bicyclic) bond motifs is 1. The highest BCUT2D eigenvalue weighted by Gasteiger charge is 2.25. The van der Waals surface area contributed by atoms with Gasteiger partial charge in [-0.2, -0.15) is 5.10 Å². The van der Waals surface area contributed by atoms with Crippen LogP contribution in [0.5, 0.6) is 0 Å². The van der Waals surface area contributed by atoms with Crippen LogP contribution in [0.1, 0.15) is 12.1 Å². The number of hydrogen-bond donors (Lipinski definition) is 1. The summed E-state index contributed by atoms with van der Waals surface area (Å²) in [6.07, 6.45) is 6.17. The lowest BCUT2D eigenvalue weighted by molar-refractivity contribution is -0.133. The number of carbonyl (C=O) groups excluding carboxylic acids is 1. The Morgan fingerprint density at radius 1 is 1.28 bits per heavy atom. The highest BCUT2D eigenvalue weighted by atomic mass is 16.2. The minimum Gasteiger partial charge on any atom is -0.354 e. The van der Waals surface area contributed by atoms with Crippen LogP contribution in [0, 0.1) is 5.92 Å². The number of anilines is 1. The summed E-state index contributed by atoms with van der Waals surface area (Å²) in [5, 5.41) is 7.65. The topological polar surface area (TPSA) is 79.2 Å². The number of aromatic nitrogens is 4. The molecule has 3 heterocycles. The van der Waals surface area contributed by atoms with Crippen molar-refractivity contribution >= 4 is 11.9 Å². The molecule has 1 aliphatic rings. The van der Waals surface area contributed by atoms with Crippen molar-refractivity contribution in [3.63, 3.8) is 0 Å². The van der Waals surface area contributed by atoms with Gasteiger partial charge < -0.3 is 15.1 Å². The van der Waals surface area contributed by atoms with E-state index in [9.17, 15) is 4.79 Å². The smallest absolute Gasteiger partial charge is 0.237 e. The van der Waals surface area contributed by atoms with E-state index in [0.717, 1.165) is 31.7 Å². The normalized spacial score (nSPS) is 17.2. The molecule has 1 N–H and O–H groups in total. The van der Waals surface area contributed by atoms with E-state index in [2.05, 4.69) is 20.4 Å². The molecule has 0 spiro atoms. The van der Waals surface area contributed by atoms with Crippen molar-refractivity contribution in [2.45, 2.75) is 19.5 Å². The Balaban J connectivity index is 1.63. The van der Waals surface area contributed by atoms with Crippen molar-refractivity contribution in [3.8, 4) is 0 Å². The van der Waals surface area contributed by atoms with Crippen LogP contribution in [-0.4, -0.2) is 69.2 Å². The Labute approximate surface area is 147 Å². The number of rotatable bonds is 6. The Kier molecular flexibility index (Phi) is 5.60. The molecule has 8 nitrogen and oxygen atoms in total. The molecule has 134 valence electrons. The van der Waals surface area contributed by atoms with Gasteiger partial charge in [-0.3, -0.25) is 9.48 Å². The maximum Gasteiger partial charge on any atom is 0.237 e. The van der Waals surface area contributed by atoms with Gasteiger partial charge in [0.1, 0.15) is 0 Å². The van der Waals surface area contributed by atoms with Gasteiger partial charge in [-0.1, -0.05) is 0 Å². The molecule has 0 unspecified atom stereocenters. The second-order valence-electron chi connectivity index (χ2n) is 6.67. The van der Waals surface area contributed by atoms with E-state index in [4.69, 9.17) is 0 Å². The lowest BCUT2D eigenvalue weighted by Crippen LogP contribution is -2.39. The van der Waals surface area contributed by atoms with E-state index in [0.29, 0.717) is 25.0 Å². The summed E-state index contributed by atoms with van der Waals surface area (Å²) in [5.74, 6) is 1.13. The SMILES string of the molecule is CN(C)CC(=O)N1Cc2ccnn2C[C@H](CCNc2ncccn2)C1. The first-order chi connectivity index (χ1) is 12.1. The van der Waals surface area contributed by atoms with Crippen LogP contribution in [0.4, 0.5) is 5.95 Å². The summed E-state index contributed by atoms with van der Waals surface area (Å²) in [5.41, 5.74) is 1.09. The Hall–Kier alpha value is -2.48. The standard InChI is InChI=1S/C17H25N7O/c1-22(2)13-16(25)23-10-14(11-24-15(12-23)5-9-21-24)4-8-20-17-18-6-3-7-19-17/h3,5-7,9,14H,4,8,10-13H2,1-2H3,(H,18,19,20)/t14-/m1/s1. The van der Waals surface area contributed by atoms with Crippen molar-refractivity contribution in [2.75, 3.05) is 39.0 Å². The van der Waals surface area contributed by atoms with Gasteiger partial charge in [0.05, 0.1) is 18.8 Å². The van der Waals surface area contributed by atoms with Crippen LogP contribution in [0.25, 0.3) is 0 Å². The van der Waals surface area contributed by atoms with Crippen molar-refractivity contribution in [1.29, 1.82) is 0 Å². The molecule has 0 saturated carbocycles. The molecular formula is C17H25N7O. The second-order valence-corrected chi connectivity index (χ2v) is 6.67. The molecule has 2 aromatic heterocycles. The number of carbonyl (C=O) groups is 1. The summed E-state index contributed by atoms with van der Waals surface area (Å²) in [4.78, 5) is 24.8. The molecular weight excluding hydrogens is 318 g/mol. The largest absolute Gasteiger partial charge is 0.354 e. The maximum absolute atomic E-state index is 12.6. The molecule has 0 aliphatic carbocycles. The van der Waals surface area contributed by atoms with Crippen molar-refractivity contribution in [3.05, 3.63) is 36.4 Å². The number of nitrogens with one attached hydrogen (secondary N) is 1. The molecule has 25 heavy (non-hydrogen) atoms. The van der Waals surface area contributed by atoms with Gasteiger partial charge in [0, 0.05) is 38.2 Å². The predicted molar refractivity (Wildman–Crippen MR) is 94.8 cm³/mol. The zero-order valence-corrected chi connectivity index (χ0v) is 14.8. The monoisotopic (exact) mass is 343 g/mol. The molecule has 0 saturated heterocycles. The van der Waals surface area contributed by atoms with Crippen LogP contribution >= 0.6 is 0 Å². The zero-order valence-electron chi connectivity index (χ0n) is 14.8. The van der Waals surface area contributed by atoms with Gasteiger partial charge >= 0.3 is 0 Å². The van der Waals surface area contributed by atoms with Crippen LogP contribution in [0.15, 0.2) is 30.7 Å². The maximum atomic E-state index is 12.6. The number of hydrogen-bond acceptors (Lipinski definition) is 6. The Morgan fingerprint density at radius 2 is 2.08 bits per heavy atom. The quantitative estimate of drug-likeness (QED) is 0.832. The first-order valence-electron chi connectivity index (χ1n) is 8.56. The van der Waals surface area contributed by atoms with E-state index in [-0.39, 0.29) is 5.91 Å². The fourth-order valence-corrected chi connectivity index (χ4v) is 3.05. The number of likely N-dealkylation sites (N-methyl/N-ethyl adjacent to an activating group) is 1. The third-order valence-corrected chi connectivity index (χ3v) is 4.27. The summed E-state index contributed by atoms with van der Waals surface area (Å²) in [6, 6.07) is 3.79. The van der Waals surface area contributed by atoms with E-state index in [1.54, 1.807) is 18.5 Å². The molecule has 0 bridgehead atoms. The molecule has 2 aromatic rings. The van der Waals surface area contributed by atoms with Gasteiger partial charge in [0.2, 0.25) is 11.9 Å². The van der Waals surface area contributed by atoms with Crippen LogP contribution in [0.2, 0.25) is 0 Å². The van der Waals surface area contributed by atoms with Gasteiger partial charge in [-0.15, -0.1) is 0 Å². The summed E-state index contributed by atoms with van der Waals surface area (Å²) in [7, 11) is 3.84. The van der Waals surface area contributed by atoms with E-state index in [1.807, 2.05) is 40.8 Å². The Bertz CT molecular complexity index is 685. The number of amides is 1. The van der Waals surface area contributed by atoms with Gasteiger partial charge in [0.25, 0.3) is 0 Å². The molecule has 1 aliphatic heterocycles. The van der Waals surface area contributed by atoms with Crippen LogP contribution < -0.4 is 5.32 Å². The first kappa shape index (κ1) is 17.3. The Morgan fingerprint density at radius 3 is 2.84 bits per heavy atom. The average molecular weight is 343 g/mol. The molecule has 3 rings (SSSR count). The molecule has 1 amide bonds. The van der Waals surface area contributed by atoms with Gasteiger partial charge in [-0.25, -0.2) is 9.97 Å². The average Bonchev–Trinajstić information content (AvgIpc) is 2.93. The molecule has 1 atom stereocenters. The molecule has 8 heteroatoms. The highest BCUT2D eigenvalue weighted by molar-refractivity contribution is 5.78.